The molecule has 8 fully saturated rings. The summed E-state index contributed by atoms with van der Waals surface area (Å²) in [5.41, 5.74) is 2.57. The van der Waals surface area contributed by atoms with Gasteiger partial charge in [-0.1, -0.05) is 0 Å². The quantitative estimate of drug-likeness (QED) is 0.477. The van der Waals surface area contributed by atoms with Gasteiger partial charge in [0.05, 0.1) is 0 Å². The molecule has 0 N–H and O–H groups in total. The Hall–Kier alpha value is 0. The number of hydrogen-bond donors (Lipinski definition) is 0. The summed E-state index contributed by atoms with van der Waals surface area (Å²) in [4.78, 5) is 0. The fourth-order valence-corrected chi connectivity index (χ4v) is 12.8. The van der Waals surface area contributed by atoms with Crippen LogP contribution in [-0.2, 0) is 0 Å². The third-order valence-corrected chi connectivity index (χ3v) is 13.1. The lowest BCUT2D eigenvalue weighted by Gasteiger charge is -2.83. The molecule has 25 heavy (non-hydrogen) atoms. The SMILES string of the molecule is C1CC2CCC3CC24CC1C1CC42CC3C3CCC4CCC1CC42C3. The Morgan fingerprint density at radius 2 is 0.760 bits per heavy atom. The first-order chi connectivity index (χ1) is 12.2. The molecule has 0 radical (unpaired) electrons. The first kappa shape index (κ1) is 14.1. The van der Waals surface area contributed by atoms with E-state index in [0.29, 0.717) is 0 Å². The average Bonchev–Trinajstić information content (AvgIpc) is 2.64. The van der Waals surface area contributed by atoms with Crippen LogP contribution in [-0.4, -0.2) is 0 Å². The fourth-order valence-electron chi connectivity index (χ4n) is 12.8. The van der Waals surface area contributed by atoms with Crippen molar-refractivity contribution in [2.75, 3.05) is 0 Å². The molecule has 0 aromatic carbocycles. The molecule has 0 heteroatoms. The van der Waals surface area contributed by atoms with E-state index in [1.54, 1.807) is 89.9 Å². The molecule has 0 aromatic rings. The zero-order chi connectivity index (χ0) is 16.0. The molecular weight excluding hydrogens is 300 g/mol. The molecule has 0 heterocycles. The Bertz CT molecular complexity index is 552. The average molecular weight is 337 g/mol. The van der Waals surface area contributed by atoms with Crippen LogP contribution < -0.4 is 0 Å². The minimum Gasteiger partial charge on any atom is -0.0499 e. The summed E-state index contributed by atoms with van der Waals surface area (Å²) in [6.07, 6.45) is 23.5. The lowest BCUT2D eigenvalue weighted by molar-refractivity contribution is -0.346. The molecule has 8 saturated carbocycles. The van der Waals surface area contributed by atoms with E-state index in [1.165, 1.54) is 11.8 Å². The Kier molecular flexibility index (Phi) is 2.28. The maximum atomic E-state index is 1.74. The van der Waals surface area contributed by atoms with Crippen molar-refractivity contribution in [2.45, 2.75) is 89.9 Å². The van der Waals surface area contributed by atoms with Crippen molar-refractivity contribution in [3.63, 3.8) is 0 Å². The van der Waals surface area contributed by atoms with Gasteiger partial charge in [0.15, 0.2) is 0 Å². The van der Waals surface area contributed by atoms with Crippen molar-refractivity contribution >= 4 is 0 Å². The number of rotatable bonds is 0. The zero-order valence-corrected chi connectivity index (χ0v) is 16.0. The molecule has 4 unspecified atom stereocenters. The maximum Gasteiger partial charge on any atom is -0.0173 e. The smallest absolute Gasteiger partial charge is 0.0173 e. The zero-order valence-electron chi connectivity index (χ0n) is 16.0. The van der Waals surface area contributed by atoms with Crippen molar-refractivity contribution in [2.24, 2.45) is 63.6 Å². The van der Waals surface area contributed by atoms with E-state index in [9.17, 15) is 0 Å². The van der Waals surface area contributed by atoms with Gasteiger partial charge in [0.2, 0.25) is 0 Å². The largest absolute Gasteiger partial charge is 0.0499 e. The van der Waals surface area contributed by atoms with Gasteiger partial charge < -0.3 is 0 Å². The van der Waals surface area contributed by atoms with Crippen LogP contribution in [0.3, 0.4) is 0 Å². The summed E-state index contributed by atoms with van der Waals surface area (Å²) in [5, 5.41) is 0. The van der Waals surface area contributed by atoms with E-state index >= 15 is 0 Å². The predicted octanol–water partition coefficient (Wildman–Crippen LogP) is 6.45. The van der Waals surface area contributed by atoms with Gasteiger partial charge in [0.25, 0.3) is 0 Å². The highest BCUT2D eigenvalue weighted by molar-refractivity contribution is 5.28. The van der Waals surface area contributed by atoms with Gasteiger partial charge in [-0.05, 0) is 153 Å². The lowest BCUT2D eigenvalue weighted by atomic mass is 9.21. The Labute approximate surface area is 153 Å². The van der Waals surface area contributed by atoms with E-state index < -0.39 is 0 Å². The molecule has 9 bridgehead atoms. The molecule has 136 valence electrons. The normalized spacial score (nSPS) is 71.0. The van der Waals surface area contributed by atoms with Crippen molar-refractivity contribution in [3.8, 4) is 0 Å². The third-order valence-electron chi connectivity index (χ3n) is 13.1. The summed E-state index contributed by atoms with van der Waals surface area (Å²) in [6.45, 7) is 0. The minimum absolute atomic E-state index is 0.854. The highest BCUT2D eigenvalue weighted by atomic mass is 14.8. The van der Waals surface area contributed by atoms with Crippen LogP contribution in [0, 0.1) is 63.6 Å². The maximum absolute atomic E-state index is 1.74. The van der Waals surface area contributed by atoms with E-state index in [1.807, 2.05) is 0 Å². The van der Waals surface area contributed by atoms with Gasteiger partial charge >= 0.3 is 0 Å². The van der Waals surface area contributed by atoms with Crippen LogP contribution in [0.25, 0.3) is 0 Å². The molecule has 8 aliphatic carbocycles. The van der Waals surface area contributed by atoms with Crippen LogP contribution in [0.2, 0.25) is 0 Å². The summed E-state index contributed by atoms with van der Waals surface area (Å²) < 4.78 is 0. The van der Waals surface area contributed by atoms with E-state index in [4.69, 9.17) is 0 Å². The first-order valence-electron chi connectivity index (χ1n) is 12.2. The molecule has 3 spiro atoms. The molecule has 4 atom stereocenters. The predicted molar refractivity (Wildman–Crippen MR) is 99.9 cm³/mol. The molecule has 8 rings (SSSR count). The number of hydrogen-bond acceptors (Lipinski definition) is 0. The second kappa shape index (κ2) is 4.05. The first-order valence-corrected chi connectivity index (χ1v) is 12.2. The molecule has 0 nitrogen and oxygen atoms in total. The van der Waals surface area contributed by atoms with Gasteiger partial charge in [-0.2, -0.15) is 0 Å². The number of fused-ring (bicyclic) bond motifs is 10. The highest BCUT2D eigenvalue weighted by Gasteiger charge is 2.79. The van der Waals surface area contributed by atoms with Crippen LogP contribution in [0.5, 0.6) is 0 Å². The highest BCUT2D eigenvalue weighted by Crippen LogP contribution is 2.87. The third kappa shape index (κ3) is 1.26. The lowest BCUT2D eigenvalue weighted by Crippen LogP contribution is -2.76. The van der Waals surface area contributed by atoms with Crippen molar-refractivity contribution in [1.82, 2.24) is 0 Å². The minimum atomic E-state index is 0.854. The van der Waals surface area contributed by atoms with Crippen molar-refractivity contribution in [1.29, 1.82) is 0 Å². The van der Waals surface area contributed by atoms with Crippen LogP contribution >= 0.6 is 0 Å². The molecule has 0 amide bonds. The fraction of sp³-hybridized carbons (Fsp3) is 1.00. The van der Waals surface area contributed by atoms with Crippen molar-refractivity contribution in [3.05, 3.63) is 0 Å². The Morgan fingerprint density at radius 3 is 1.12 bits per heavy atom. The molecular formula is C25H36. The van der Waals surface area contributed by atoms with Gasteiger partial charge in [-0.25, -0.2) is 0 Å². The van der Waals surface area contributed by atoms with Gasteiger partial charge in [-0.15, -0.1) is 0 Å². The van der Waals surface area contributed by atoms with Crippen LogP contribution in [0.4, 0.5) is 0 Å². The summed E-state index contributed by atoms with van der Waals surface area (Å²) in [7, 11) is 0. The van der Waals surface area contributed by atoms with Gasteiger partial charge in [-0.3, -0.25) is 0 Å². The second-order valence-corrected chi connectivity index (χ2v) is 12.7. The van der Waals surface area contributed by atoms with Crippen molar-refractivity contribution < 1.29 is 0 Å². The Balaban J connectivity index is 1.43. The van der Waals surface area contributed by atoms with Crippen LogP contribution in [0.1, 0.15) is 89.9 Å². The molecule has 0 saturated heterocycles. The topological polar surface area (TPSA) is 0 Å². The second-order valence-electron chi connectivity index (χ2n) is 12.7. The monoisotopic (exact) mass is 336 g/mol. The Morgan fingerprint density at radius 1 is 0.400 bits per heavy atom. The van der Waals surface area contributed by atoms with Gasteiger partial charge in [0, 0.05) is 0 Å². The van der Waals surface area contributed by atoms with E-state index in [0.717, 1.165) is 51.8 Å². The molecule has 8 aliphatic rings. The van der Waals surface area contributed by atoms with Gasteiger partial charge in [0.1, 0.15) is 0 Å². The van der Waals surface area contributed by atoms with E-state index in [-0.39, 0.29) is 0 Å². The standard InChI is InChI=1S/C25H36/c1-5-19-6-2-17-11-23(19)9-15(1)21-13-25(23)14-22(17)18-4-8-20-7-3-16(21)10-24(20,25)12-18/h15-22H,1-14H2. The molecule has 0 aliphatic heterocycles. The summed E-state index contributed by atoms with van der Waals surface area (Å²) in [5.74, 6) is 9.33. The van der Waals surface area contributed by atoms with Crippen LogP contribution in [0.15, 0.2) is 0 Å². The van der Waals surface area contributed by atoms with E-state index in [2.05, 4.69) is 0 Å². The summed E-state index contributed by atoms with van der Waals surface area (Å²) >= 11 is 0. The summed E-state index contributed by atoms with van der Waals surface area (Å²) in [6, 6.07) is 0. The molecule has 0 aromatic heterocycles.